The second-order valence-corrected chi connectivity index (χ2v) is 5.22. The molecule has 1 aromatic heterocycles. The van der Waals surface area contributed by atoms with Gasteiger partial charge in [-0.15, -0.1) is 0 Å². The number of carbonyl (C=O) groups is 1. The van der Waals surface area contributed by atoms with Crippen LogP contribution in [0.3, 0.4) is 0 Å². The monoisotopic (exact) mass is 262 g/mol. The molecule has 2 rings (SSSR count). The summed E-state index contributed by atoms with van der Waals surface area (Å²) in [5.74, 6) is -0.681. The predicted molar refractivity (Wildman–Crippen MR) is 74.0 cm³/mol. The van der Waals surface area contributed by atoms with Crippen LogP contribution in [0.1, 0.15) is 37.7 Å². The molecule has 1 unspecified atom stereocenters. The van der Waals surface area contributed by atoms with Crippen molar-refractivity contribution in [1.82, 2.24) is 9.88 Å². The van der Waals surface area contributed by atoms with Gasteiger partial charge in [-0.2, -0.15) is 0 Å². The molecule has 4 heteroatoms. The molecule has 0 aromatic carbocycles. The number of nitrogens with zero attached hydrogens (tertiary/aromatic N) is 2. The standard InChI is InChI=1S/C15H22N2O2/c18-15(19)5-4-14-3-1-2-11-17(14)12-8-13-6-9-16-10-7-13/h6-7,9-10,14H,1-5,8,11-12H2,(H,18,19). The Kier molecular flexibility index (Phi) is 5.33. The van der Waals surface area contributed by atoms with E-state index < -0.39 is 5.97 Å². The van der Waals surface area contributed by atoms with Gasteiger partial charge >= 0.3 is 5.97 Å². The second-order valence-electron chi connectivity index (χ2n) is 5.22. The van der Waals surface area contributed by atoms with Crippen LogP contribution in [0, 0.1) is 0 Å². The fraction of sp³-hybridized carbons (Fsp3) is 0.600. The van der Waals surface area contributed by atoms with Gasteiger partial charge in [0.15, 0.2) is 0 Å². The summed E-state index contributed by atoms with van der Waals surface area (Å²) in [7, 11) is 0. The number of aliphatic carboxylic acids is 1. The average molecular weight is 262 g/mol. The Hall–Kier alpha value is -1.42. The summed E-state index contributed by atoms with van der Waals surface area (Å²) in [6, 6.07) is 4.55. The van der Waals surface area contributed by atoms with E-state index >= 15 is 0 Å². The van der Waals surface area contributed by atoms with Crippen LogP contribution in [-0.2, 0) is 11.2 Å². The molecule has 0 bridgehead atoms. The van der Waals surface area contributed by atoms with Crippen molar-refractivity contribution < 1.29 is 9.90 Å². The van der Waals surface area contributed by atoms with Gasteiger partial charge < -0.3 is 10.0 Å². The van der Waals surface area contributed by atoms with Crippen LogP contribution in [0.5, 0.6) is 0 Å². The first-order valence-corrected chi connectivity index (χ1v) is 7.10. The van der Waals surface area contributed by atoms with E-state index in [1.165, 1.54) is 18.4 Å². The van der Waals surface area contributed by atoms with Crippen molar-refractivity contribution in [2.75, 3.05) is 13.1 Å². The first-order valence-electron chi connectivity index (χ1n) is 7.10. The molecule has 1 atom stereocenters. The van der Waals surface area contributed by atoms with Gasteiger partial charge in [0.1, 0.15) is 0 Å². The van der Waals surface area contributed by atoms with E-state index in [0.29, 0.717) is 6.04 Å². The normalized spacial score (nSPS) is 20.3. The van der Waals surface area contributed by atoms with Crippen molar-refractivity contribution in [2.45, 2.75) is 44.6 Å². The maximum atomic E-state index is 10.7. The highest BCUT2D eigenvalue weighted by Gasteiger charge is 2.22. The number of carboxylic acid groups (broad SMARTS) is 1. The quantitative estimate of drug-likeness (QED) is 0.855. The minimum Gasteiger partial charge on any atom is -0.481 e. The SMILES string of the molecule is O=C(O)CCC1CCCCN1CCc1ccncc1. The molecule has 1 N–H and O–H groups in total. The molecule has 0 radical (unpaired) electrons. The van der Waals surface area contributed by atoms with E-state index in [0.717, 1.165) is 32.4 Å². The van der Waals surface area contributed by atoms with Crippen molar-refractivity contribution in [2.24, 2.45) is 0 Å². The predicted octanol–water partition coefficient (Wildman–Crippen LogP) is 2.34. The zero-order chi connectivity index (χ0) is 13.5. The van der Waals surface area contributed by atoms with E-state index in [1.807, 2.05) is 12.4 Å². The van der Waals surface area contributed by atoms with Crippen molar-refractivity contribution in [1.29, 1.82) is 0 Å². The van der Waals surface area contributed by atoms with Gasteiger partial charge in [0.2, 0.25) is 0 Å². The Morgan fingerprint density at radius 3 is 2.89 bits per heavy atom. The Bertz CT molecular complexity index is 394. The molecule has 0 amide bonds. The number of rotatable bonds is 6. The zero-order valence-electron chi connectivity index (χ0n) is 11.3. The van der Waals surface area contributed by atoms with Gasteiger partial charge in [-0.1, -0.05) is 6.42 Å². The molecule has 0 spiro atoms. The van der Waals surface area contributed by atoms with E-state index in [9.17, 15) is 4.79 Å². The number of likely N-dealkylation sites (tertiary alicyclic amines) is 1. The highest BCUT2D eigenvalue weighted by molar-refractivity contribution is 5.66. The topological polar surface area (TPSA) is 53.4 Å². The van der Waals surface area contributed by atoms with Crippen molar-refractivity contribution >= 4 is 5.97 Å². The Morgan fingerprint density at radius 2 is 2.16 bits per heavy atom. The Morgan fingerprint density at radius 1 is 1.37 bits per heavy atom. The highest BCUT2D eigenvalue weighted by Crippen LogP contribution is 2.21. The van der Waals surface area contributed by atoms with Crippen LogP contribution in [0.2, 0.25) is 0 Å². The van der Waals surface area contributed by atoms with Crippen LogP contribution in [0.25, 0.3) is 0 Å². The maximum Gasteiger partial charge on any atom is 0.303 e. The molecule has 104 valence electrons. The summed E-state index contributed by atoms with van der Waals surface area (Å²) in [5, 5.41) is 8.81. The lowest BCUT2D eigenvalue weighted by Gasteiger charge is -2.35. The van der Waals surface area contributed by atoms with Crippen molar-refractivity contribution in [3.05, 3.63) is 30.1 Å². The number of pyridine rings is 1. The third-order valence-corrected chi connectivity index (χ3v) is 3.88. The van der Waals surface area contributed by atoms with Gasteiger partial charge in [-0.05, 0) is 49.9 Å². The fourth-order valence-corrected chi connectivity index (χ4v) is 2.79. The number of aromatic nitrogens is 1. The average Bonchev–Trinajstić information content (AvgIpc) is 2.45. The molecule has 0 saturated carbocycles. The molecule has 1 aliphatic rings. The molecule has 1 fully saturated rings. The minimum absolute atomic E-state index is 0.288. The molecule has 4 nitrogen and oxygen atoms in total. The number of piperidine rings is 1. The molecule has 1 saturated heterocycles. The third-order valence-electron chi connectivity index (χ3n) is 3.88. The van der Waals surface area contributed by atoms with Gasteiger partial charge in [0, 0.05) is 31.4 Å². The van der Waals surface area contributed by atoms with E-state index in [1.54, 1.807) is 0 Å². The van der Waals surface area contributed by atoms with Gasteiger partial charge in [0.05, 0.1) is 0 Å². The Balaban J connectivity index is 1.83. The lowest BCUT2D eigenvalue weighted by Crippen LogP contribution is -2.40. The van der Waals surface area contributed by atoms with Crippen LogP contribution < -0.4 is 0 Å². The highest BCUT2D eigenvalue weighted by atomic mass is 16.4. The summed E-state index contributed by atoms with van der Waals surface area (Å²) in [5.41, 5.74) is 1.30. The summed E-state index contributed by atoms with van der Waals surface area (Å²) in [4.78, 5) is 17.2. The second kappa shape index (κ2) is 7.24. The smallest absolute Gasteiger partial charge is 0.303 e. The largest absolute Gasteiger partial charge is 0.481 e. The lowest BCUT2D eigenvalue weighted by molar-refractivity contribution is -0.137. The van der Waals surface area contributed by atoms with E-state index in [-0.39, 0.29) is 6.42 Å². The maximum absolute atomic E-state index is 10.7. The molecule has 1 aliphatic heterocycles. The van der Waals surface area contributed by atoms with E-state index in [2.05, 4.69) is 22.0 Å². The Labute approximate surface area is 114 Å². The fourth-order valence-electron chi connectivity index (χ4n) is 2.79. The lowest BCUT2D eigenvalue weighted by atomic mass is 9.97. The van der Waals surface area contributed by atoms with Crippen LogP contribution >= 0.6 is 0 Å². The summed E-state index contributed by atoms with van der Waals surface area (Å²) >= 11 is 0. The van der Waals surface area contributed by atoms with Crippen molar-refractivity contribution in [3.8, 4) is 0 Å². The van der Waals surface area contributed by atoms with E-state index in [4.69, 9.17) is 5.11 Å². The number of carboxylic acids is 1. The molecule has 0 aliphatic carbocycles. The van der Waals surface area contributed by atoms with Crippen LogP contribution in [0.15, 0.2) is 24.5 Å². The van der Waals surface area contributed by atoms with Crippen LogP contribution in [0.4, 0.5) is 0 Å². The minimum atomic E-state index is -0.681. The van der Waals surface area contributed by atoms with Gasteiger partial charge in [-0.25, -0.2) is 0 Å². The van der Waals surface area contributed by atoms with Gasteiger partial charge in [0.25, 0.3) is 0 Å². The van der Waals surface area contributed by atoms with Crippen LogP contribution in [-0.4, -0.2) is 40.1 Å². The molecule has 19 heavy (non-hydrogen) atoms. The molecular weight excluding hydrogens is 240 g/mol. The summed E-state index contributed by atoms with van der Waals surface area (Å²) in [6.45, 7) is 2.13. The summed E-state index contributed by atoms with van der Waals surface area (Å²) in [6.07, 6.45) is 9.36. The first-order chi connectivity index (χ1) is 9.25. The summed E-state index contributed by atoms with van der Waals surface area (Å²) < 4.78 is 0. The third kappa shape index (κ3) is 4.63. The zero-order valence-corrected chi connectivity index (χ0v) is 11.3. The number of hydrogen-bond acceptors (Lipinski definition) is 3. The molecule has 2 heterocycles. The first kappa shape index (κ1) is 14.0. The molecular formula is C15H22N2O2. The van der Waals surface area contributed by atoms with Crippen molar-refractivity contribution in [3.63, 3.8) is 0 Å². The molecule has 1 aromatic rings. The van der Waals surface area contributed by atoms with Gasteiger partial charge in [-0.3, -0.25) is 9.78 Å². The number of hydrogen-bond donors (Lipinski definition) is 1.